The number of carbonyl (C=O) groups excluding carboxylic acids is 4. The van der Waals surface area contributed by atoms with E-state index in [-0.39, 0.29) is 31.0 Å². The summed E-state index contributed by atoms with van der Waals surface area (Å²) in [7, 11) is 0. The van der Waals surface area contributed by atoms with Crippen molar-refractivity contribution in [3.8, 4) is 0 Å². The van der Waals surface area contributed by atoms with Gasteiger partial charge in [-0.2, -0.15) is 0 Å². The minimum Gasteiger partial charge on any atom is -0.443 e. The topological polar surface area (TPSA) is 80.8 Å². The van der Waals surface area contributed by atoms with Gasteiger partial charge in [-0.15, -0.1) is 0 Å². The second-order valence-electron chi connectivity index (χ2n) is 5.65. The summed E-state index contributed by atoms with van der Waals surface area (Å²) in [5.74, 6) is -2.22. The molecule has 0 aliphatic carbocycles. The van der Waals surface area contributed by atoms with Crippen LogP contribution in [0.15, 0.2) is 0 Å². The van der Waals surface area contributed by atoms with E-state index in [4.69, 9.17) is 4.74 Å². The molecule has 0 spiro atoms. The third-order valence-corrected chi connectivity index (χ3v) is 2.64. The maximum atomic E-state index is 12.1. The lowest BCUT2D eigenvalue weighted by Crippen LogP contribution is -2.50. The first-order valence-corrected chi connectivity index (χ1v) is 6.18. The van der Waals surface area contributed by atoms with Crippen molar-refractivity contribution in [3.05, 3.63) is 0 Å². The van der Waals surface area contributed by atoms with Crippen molar-refractivity contribution >= 4 is 23.6 Å². The Morgan fingerprint density at radius 2 is 1.89 bits per heavy atom. The highest BCUT2D eigenvalue weighted by atomic mass is 16.6. The zero-order valence-electron chi connectivity index (χ0n) is 11.7. The molecule has 1 aliphatic rings. The summed E-state index contributed by atoms with van der Waals surface area (Å²) in [6.45, 7) is 6.40. The van der Waals surface area contributed by atoms with Crippen molar-refractivity contribution in [1.29, 1.82) is 0 Å². The third-order valence-electron chi connectivity index (χ3n) is 2.64. The quantitative estimate of drug-likeness (QED) is 0.706. The van der Waals surface area contributed by atoms with E-state index in [1.807, 2.05) is 0 Å². The van der Waals surface area contributed by atoms with Crippen LogP contribution in [0.1, 0.15) is 40.5 Å². The van der Waals surface area contributed by atoms with Gasteiger partial charge in [-0.1, -0.05) is 0 Å². The van der Waals surface area contributed by atoms with Crippen molar-refractivity contribution in [3.63, 3.8) is 0 Å². The molecule has 0 unspecified atom stereocenters. The van der Waals surface area contributed by atoms with Gasteiger partial charge >= 0.3 is 6.09 Å². The molecule has 0 aromatic carbocycles. The molecule has 19 heavy (non-hydrogen) atoms. The lowest BCUT2D eigenvalue weighted by Gasteiger charge is -2.31. The fraction of sp³-hybridized carbons (Fsp3) is 0.692. The van der Waals surface area contributed by atoms with Crippen LogP contribution in [-0.2, 0) is 19.1 Å². The Balaban J connectivity index is 2.81. The van der Waals surface area contributed by atoms with Crippen LogP contribution in [-0.4, -0.2) is 40.6 Å². The van der Waals surface area contributed by atoms with Crippen molar-refractivity contribution in [1.82, 2.24) is 4.90 Å². The van der Waals surface area contributed by atoms with E-state index in [2.05, 4.69) is 0 Å². The van der Waals surface area contributed by atoms with Crippen molar-refractivity contribution in [2.24, 2.45) is 5.92 Å². The summed E-state index contributed by atoms with van der Waals surface area (Å²) in [6.07, 6.45) is -0.849. The number of imide groups is 1. The second-order valence-corrected chi connectivity index (χ2v) is 5.65. The molecule has 0 bridgehead atoms. The Labute approximate surface area is 112 Å². The molecule has 6 nitrogen and oxygen atoms in total. The van der Waals surface area contributed by atoms with Crippen LogP contribution < -0.4 is 0 Å². The van der Waals surface area contributed by atoms with Gasteiger partial charge in [0.05, 0.1) is 0 Å². The summed E-state index contributed by atoms with van der Waals surface area (Å²) in [6, 6.07) is 0. The smallest absolute Gasteiger partial charge is 0.417 e. The molecule has 0 radical (unpaired) electrons. The number of Topliss-reactive ketones (excluding diaryl/α,β-unsaturated/α-hetero) is 2. The molecule has 1 rings (SSSR count). The SMILES string of the molecule is CC(=O)C[C@H]1C(=O)CCN(C(=O)OC(C)(C)C)C1=O. The highest BCUT2D eigenvalue weighted by molar-refractivity contribution is 6.10. The first-order chi connectivity index (χ1) is 8.61. The third kappa shape index (κ3) is 4.15. The number of ketones is 2. The minimum absolute atomic E-state index is 0.0149. The number of likely N-dealkylation sites (tertiary alicyclic amines) is 1. The number of amides is 2. The zero-order chi connectivity index (χ0) is 14.8. The van der Waals surface area contributed by atoms with Crippen molar-refractivity contribution in [2.75, 3.05) is 6.54 Å². The Kier molecular flexibility index (Phi) is 4.44. The predicted octanol–water partition coefficient (Wildman–Crippen LogP) is 1.32. The zero-order valence-corrected chi connectivity index (χ0v) is 11.7. The van der Waals surface area contributed by atoms with Gasteiger partial charge in [0.2, 0.25) is 5.91 Å². The number of hydrogen-bond acceptors (Lipinski definition) is 5. The van der Waals surface area contributed by atoms with Gasteiger partial charge in [0.1, 0.15) is 23.1 Å². The lowest BCUT2D eigenvalue weighted by molar-refractivity contribution is -0.146. The summed E-state index contributed by atoms with van der Waals surface area (Å²) in [5.41, 5.74) is -0.713. The molecule has 0 N–H and O–H groups in total. The average Bonchev–Trinajstić information content (AvgIpc) is 2.21. The molecule has 2 amide bonds. The Bertz CT molecular complexity index is 421. The summed E-state index contributed by atoms with van der Waals surface area (Å²) >= 11 is 0. The lowest BCUT2D eigenvalue weighted by atomic mass is 9.91. The molecule has 1 heterocycles. The van der Waals surface area contributed by atoms with Crippen LogP contribution in [0.25, 0.3) is 0 Å². The van der Waals surface area contributed by atoms with Gasteiger partial charge in [0, 0.05) is 19.4 Å². The number of piperidine rings is 1. The summed E-state index contributed by atoms with van der Waals surface area (Å²) in [5, 5.41) is 0. The summed E-state index contributed by atoms with van der Waals surface area (Å²) < 4.78 is 5.11. The maximum Gasteiger partial charge on any atom is 0.417 e. The fourth-order valence-corrected chi connectivity index (χ4v) is 1.82. The molecule has 106 valence electrons. The van der Waals surface area contributed by atoms with E-state index >= 15 is 0 Å². The number of hydrogen-bond donors (Lipinski definition) is 0. The van der Waals surface area contributed by atoms with Crippen molar-refractivity contribution < 1.29 is 23.9 Å². The molecular formula is C13H19NO5. The van der Waals surface area contributed by atoms with Gasteiger partial charge in [-0.25, -0.2) is 9.69 Å². The normalized spacial score (nSPS) is 20.4. The number of ether oxygens (including phenoxy) is 1. The second kappa shape index (κ2) is 5.50. The highest BCUT2D eigenvalue weighted by Gasteiger charge is 2.40. The van der Waals surface area contributed by atoms with Crippen LogP contribution in [0.5, 0.6) is 0 Å². The van der Waals surface area contributed by atoms with E-state index in [1.165, 1.54) is 6.92 Å². The molecule has 6 heteroatoms. The first-order valence-electron chi connectivity index (χ1n) is 6.18. The van der Waals surface area contributed by atoms with Gasteiger partial charge in [-0.3, -0.25) is 14.4 Å². The van der Waals surface area contributed by atoms with Crippen LogP contribution in [0, 0.1) is 5.92 Å². The Morgan fingerprint density at radius 1 is 1.32 bits per heavy atom. The standard InChI is InChI=1S/C13H19NO5/c1-8(15)7-9-10(16)5-6-14(11(9)17)12(18)19-13(2,3)4/h9H,5-7H2,1-4H3/t9-/m0/s1. The average molecular weight is 269 g/mol. The minimum atomic E-state index is -1.04. The molecule has 1 saturated heterocycles. The molecule has 1 fully saturated rings. The van der Waals surface area contributed by atoms with Crippen molar-refractivity contribution in [2.45, 2.75) is 46.1 Å². The van der Waals surface area contributed by atoms with Crippen LogP contribution in [0.3, 0.4) is 0 Å². The number of nitrogens with zero attached hydrogens (tertiary/aromatic N) is 1. The Morgan fingerprint density at radius 3 is 2.37 bits per heavy atom. The largest absolute Gasteiger partial charge is 0.443 e. The molecule has 0 aromatic rings. The molecule has 0 saturated carbocycles. The van der Waals surface area contributed by atoms with Crippen LogP contribution >= 0.6 is 0 Å². The van der Waals surface area contributed by atoms with Gasteiger partial charge in [0.15, 0.2) is 0 Å². The van der Waals surface area contributed by atoms with E-state index < -0.39 is 23.5 Å². The van der Waals surface area contributed by atoms with E-state index in [9.17, 15) is 19.2 Å². The van der Waals surface area contributed by atoms with Gasteiger partial charge in [0.25, 0.3) is 0 Å². The molecular weight excluding hydrogens is 250 g/mol. The summed E-state index contributed by atoms with van der Waals surface area (Å²) in [4.78, 5) is 47.5. The van der Waals surface area contributed by atoms with Crippen LogP contribution in [0.4, 0.5) is 4.79 Å². The maximum absolute atomic E-state index is 12.1. The monoisotopic (exact) mass is 269 g/mol. The predicted molar refractivity (Wildman–Crippen MR) is 66.4 cm³/mol. The highest BCUT2D eigenvalue weighted by Crippen LogP contribution is 2.21. The number of carbonyl (C=O) groups is 4. The van der Waals surface area contributed by atoms with Gasteiger partial charge in [-0.05, 0) is 27.7 Å². The molecule has 1 aliphatic heterocycles. The first kappa shape index (κ1) is 15.3. The fourth-order valence-electron chi connectivity index (χ4n) is 1.82. The molecule has 1 atom stereocenters. The van der Waals surface area contributed by atoms with E-state index in [0.29, 0.717) is 0 Å². The molecule has 0 aromatic heterocycles. The van der Waals surface area contributed by atoms with Gasteiger partial charge < -0.3 is 4.74 Å². The van der Waals surface area contributed by atoms with E-state index in [1.54, 1.807) is 20.8 Å². The number of rotatable bonds is 2. The van der Waals surface area contributed by atoms with Crippen LogP contribution in [0.2, 0.25) is 0 Å². The Hall–Kier alpha value is -1.72. The van der Waals surface area contributed by atoms with E-state index in [0.717, 1.165) is 4.90 Å².